The quantitative estimate of drug-likeness (QED) is 0.850. The molecular formula is C11H7BrClNO3. The topological polar surface area (TPSA) is 70.2 Å². The summed E-state index contributed by atoms with van der Waals surface area (Å²) < 4.78 is 0.670. The summed E-state index contributed by atoms with van der Waals surface area (Å²) in [6.07, 6.45) is 1.17. The Kier molecular flexibility index (Phi) is 2.97. The minimum atomic E-state index is -1.28. The van der Waals surface area contributed by atoms with Gasteiger partial charge in [-0.15, -0.1) is 0 Å². The molecule has 0 atom stereocenters. The number of halogens is 2. The van der Waals surface area contributed by atoms with Crippen molar-refractivity contribution in [2.45, 2.75) is 6.92 Å². The van der Waals surface area contributed by atoms with Crippen LogP contribution in [0, 0.1) is 6.92 Å². The molecule has 2 rings (SSSR count). The van der Waals surface area contributed by atoms with Crippen molar-refractivity contribution in [3.63, 3.8) is 0 Å². The summed E-state index contributed by atoms with van der Waals surface area (Å²) in [6, 6.07) is 1.76. The highest BCUT2D eigenvalue weighted by molar-refractivity contribution is 9.10. The first kappa shape index (κ1) is 12.1. The van der Waals surface area contributed by atoms with Crippen LogP contribution in [-0.2, 0) is 0 Å². The number of carboxylic acid groups (broad SMARTS) is 1. The molecule has 17 heavy (non-hydrogen) atoms. The van der Waals surface area contributed by atoms with Gasteiger partial charge in [0.15, 0.2) is 0 Å². The Morgan fingerprint density at radius 3 is 2.76 bits per heavy atom. The number of hydrogen-bond donors (Lipinski definition) is 2. The number of fused-ring (bicyclic) bond motifs is 1. The SMILES string of the molecule is Cc1cc(Br)c2[nH]cc(C(=O)O)c(=O)c2c1Cl. The van der Waals surface area contributed by atoms with E-state index in [0.717, 1.165) is 0 Å². The van der Waals surface area contributed by atoms with E-state index in [4.69, 9.17) is 16.7 Å². The zero-order valence-corrected chi connectivity index (χ0v) is 11.0. The van der Waals surface area contributed by atoms with Crippen LogP contribution in [0.1, 0.15) is 15.9 Å². The average Bonchev–Trinajstić information content (AvgIpc) is 2.25. The largest absolute Gasteiger partial charge is 0.477 e. The number of aromatic carboxylic acids is 1. The number of aromatic nitrogens is 1. The van der Waals surface area contributed by atoms with Crippen molar-refractivity contribution in [3.8, 4) is 0 Å². The molecule has 0 fully saturated rings. The second-order valence-electron chi connectivity index (χ2n) is 3.58. The molecule has 0 aliphatic rings. The molecule has 2 aromatic rings. The summed E-state index contributed by atoms with van der Waals surface area (Å²) in [5, 5.41) is 9.34. The van der Waals surface area contributed by atoms with Gasteiger partial charge in [0.05, 0.1) is 15.9 Å². The third-order valence-corrected chi connectivity index (χ3v) is 3.57. The average molecular weight is 317 g/mol. The van der Waals surface area contributed by atoms with Gasteiger partial charge in [-0.25, -0.2) is 4.79 Å². The first-order chi connectivity index (χ1) is 7.93. The van der Waals surface area contributed by atoms with E-state index < -0.39 is 11.4 Å². The van der Waals surface area contributed by atoms with Gasteiger partial charge in [-0.3, -0.25) is 4.79 Å². The minimum Gasteiger partial charge on any atom is -0.477 e. The Labute approximate surface area is 109 Å². The monoisotopic (exact) mass is 315 g/mol. The number of benzene rings is 1. The molecule has 0 aliphatic heterocycles. The van der Waals surface area contributed by atoms with E-state index >= 15 is 0 Å². The predicted octanol–water partition coefficient (Wildman–Crippen LogP) is 2.95. The lowest BCUT2D eigenvalue weighted by Gasteiger charge is -2.06. The maximum absolute atomic E-state index is 12.0. The van der Waals surface area contributed by atoms with E-state index in [1.54, 1.807) is 13.0 Å². The van der Waals surface area contributed by atoms with E-state index in [1.807, 2.05) is 0 Å². The fourth-order valence-electron chi connectivity index (χ4n) is 1.61. The van der Waals surface area contributed by atoms with Crippen LogP contribution in [0.25, 0.3) is 10.9 Å². The highest BCUT2D eigenvalue weighted by atomic mass is 79.9. The van der Waals surface area contributed by atoms with Crippen LogP contribution >= 0.6 is 27.5 Å². The Balaban J connectivity index is 3.04. The number of nitrogens with one attached hydrogen (secondary N) is 1. The number of hydrogen-bond acceptors (Lipinski definition) is 2. The molecule has 0 radical (unpaired) electrons. The Hall–Kier alpha value is -1.33. The highest BCUT2D eigenvalue weighted by Crippen LogP contribution is 2.29. The predicted molar refractivity (Wildman–Crippen MR) is 69.0 cm³/mol. The molecule has 0 unspecified atom stereocenters. The second-order valence-corrected chi connectivity index (χ2v) is 4.81. The van der Waals surface area contributed by atoms with Crippen LogP contribution in [0.2, 0.25) is 5.02 Å². The van der Waals surface area contributed by atoms with Gasteiger partial charge >= 0.3 is 5.97 Å². The Morgan fingerprint density at radius 2 is 2.18 bits per heavy atom. The summed E-state index contributed by atoms with van der Waals surface area (Å²) in [7, 11) is 0. The van der Waals surface area contributed by atoms with Crippen LogP contribution in [0.5, 0.6) is 0 Å². The fraction of sp³-hybridized carbons (Fsp3) is 0.0909. The summed E-state index contributed by atoms with van der Waals surface area (Å²) >= 11 is 9.35. The highest BCUT2D eigenvalue weighted by Gasteiger charge is 2.16. The van der Waals surface area contributed by atoms with Gasteiger partial charge in [-0.1, -0.05) is 11.6 Å². The van der Waals surface area contributed by atoms with Gasteiger partial charge in [0.2, 0.25) is 5.43 Å². The van der Waals surface area contributed by atoms with Crippen molar-refractivity contribution in [2.24, 2.45) is 0 Å². The van der Waals surface area contributed by atoms with Crippen molar-refractivity contribution in [3.05, 3.63) is 43.1 Å². The molecule has 1 heterocycles. The standard InChI is InChI=1S/C11H7BrClNO3/c1-4-2-6(12)9-7(8(4)13)10(15)5(3-14-9)11(16)17/h2-3H,1H3,(H,14,15)(H,16,17). The molecule has 0 saturated heterocycles. The first-order valence-electron chi connectivity index (χ1n) is 4.66. The Morgan fingerprint density at radius 1 is 1.53 bits per heavy atom. The third-order valence-electron chi connectivity index (χ3n) is 2.46. The molecule has 0 spiro atoms. The van der Waals surface area contributed by atoms with E-state index in [1.165, 1.54) is 6.20 Å². The molecule has 0 amide bonds. The summed E-state index contributed by atoms with van der Waals surface area (Å²) in [6.45, 7) is 1.75. The molecular weight excluding hydrogens is 309 g/mol. The molecule has 6 heteroatoms. The molecule has 1 aromatic heterocycles. The van der Waals surface area contributed by atoms with Gasteiger partial charge < -0.3 is 10.1 Å². The van der Waals surface area contributed by atoms with Crippen LogP contribution in [0.4, 0.5) is 0 Å². The normalized spacial score (nSPS) is 10.8. The van der Waals surface area contributed by atoms with E-state index in [0.29, 0.717) is 15.6 Å². The number of carboxylic acids is 1. The number of H-pyrrole nitrogens is 1. The minimum absolute atomic E-state index is 0.193. The van der Waals surface area contributed by atoms with Gasteiger partial charge in [-0.05, 0) is 34.5 Å². The van der Waals surface area contributed by atoms with E-state index in [2.05, 4.69) is 20.9 Å². The second kappa shape index (κ2) is 4.16. The van der Waals surface area contributed by atoms with Crippen molar-refractivity contribution in [2.75, 3.05) is 0 Å². The lowest BCUT2D eigenvalue weighted by Crippen LogP contribution is -2.16. The molecule has 0 aliphatic carbocycles. The van der Waals surface area contributed by atoms with Crippen LogP contribution in [-0.4, -0.2) is 16.1 Å². The van der Waals surface area contributed by atoms with Crippen LogP contribution < -0.4 is 5.43 Å². The molecule has 4 nitrogen and oxygen atoms in total. The number of rotatable bonds is 1. The molecule has 2 N–H and O–H groups in total. The maximum atomic E-state index is 12.0. The zero-order chi connectivity index (χ0) is 12.7. The summed E-state index contributed by atoms with van der Waals surface area (Å²) in [5.41, 5.74) is 0.298. The maximum Gasteiger partial charge on any atom is 0.341 e. The number of aromatic amines is 1. The lowest BCUT2D eigenvalue weighted by atomic mass is 10.1. The van der Waals surface area contributed by atoms with E-state index in [9.17, 15) is 9.59 Å². The number of aryl methyl sites for hydroxylation is 1. The molecule has 1 aromatic carbocycles. The molecule has 0 bridgehead atoms. The van der Waals surface area contributed by atoms with Crippen LogP contribution in [0.15, 0.2) is 21.5 Å². The Bertz CT molecular complexity index is 693. The third kappa shape index (κ3) is 1.85. The van der Waals surface area contributed by atoms with Crippen LogP contribution in [0.3, 0.4) is 0 Å². The molecule has 88 valence electrons. The van der Waals surface area contributed by atoms with Gasteiger partial charge in [0.1, 0.15) is 5.56 Å². The first-order valence-corrected chi connectivity index (χ1v) is 5.84. The van der Waals surface area contributed by atoms with E-state index in [-0.39, 0.29) is 16.0 Å². The lowest BCUT2D eigenvalue weighted by molar-refractivity contribution is 0.0695. The summed E-state index contributed by atoms with van der Waals surface area (Å²) in [4.78, 5) is 25.6. The number of pyridine rings is 1. The van der Waals surface area contributed by atoms with Crippen molar-refractivity contribution >= 4 is 44.4 Å². The smallest absolute Gasteiger partial charge is 0.341 e. The zero-order valence-electron chi connectivity index (χ0n) is 8.67. The van der Waals surface area contributed by atoms with Crippen molar-refractivity contribution in [1.82, 2.24) is 4.98 Å². The fourth-order valence-corrected chi connectivity index (χ4v) is 2.50. The molecule has 0 saturated carbocycles. The number of carbonyl (C=O) groups is 1. The van der Waals surface area contributed by atoms with Gasteiger partial charge in [0.25, 0.3) is 0 Å². The van der Waals surface area contributed by atoms with Gasteiger partial charge in [0, 0.05) is 10.7 Å². The van der Waals surface area contributed by atoms with Gasteiger partial charge in [-0.2, -0.15) is 0 Å². The summed E-state index contributed by atoms with van der Waals surface area (Å²) in [5.74, 6) is -1.28. The van der Waals surface area contributed by atoms with Crippen molar-refractivity contribution < 1.29 is 9.90 Å². The van der Waals surface area contributed by atoms with Crippen molar-refractivity contribution in [1.29, 1.82) is 0 Å².